The van der Waals surface area contributed by atoms with Crippen LogP contribution in [0.3, 0.4) is 0 Å². The fraction of sp³-hybridized carbons (Fsp3) is 0.357. The topological polar surface area (TPSA) is 105 Å². The Morgan fingerprint density at radius 2 is 2.00 bits per heavy atom. The summed E-state index contributed by atoms with van der Waals surface area (Å²) >= 11 is 0. The van der Waals surface area contributed by atoms with E-state index in [1.54, 1.807) is 18.2 Å². The predicted octanol–water partition coefficient (Wildman–Crippen LogP) is -0.0578. The molecule has 0 aliphatic carbocycles. The van der Waals surface area contributed by atoms with Gasteiger partial charge in [0.2, 0.25) is 5.91 Å². The molecule has 114 valence electrons. The van der Waals surface area contributed by atoms with Gasteiger partial charge in [0.15, 0.2) is 0 Å². The lowest BCUT2D eigenvalue weighted by molar-refractivity contribution is -0.142. The van der Waals surface area contributed by atoms with Crippen molar-refractivity contribution in [1.29, 1.82) is 0 Å². The largest absolute Gasteiger partial charge is 0.480 e. The molecular formula is C14H18N2O5. The summed E-state index contributed by atoms with van der Waals surface area (Å²) in [5.41, 5.74) is 1.45. The molecule has 0 saturated heterocycles. The number of benzene rings is 1. The molecule has 1 rings (SSSR count). The van der Waals surface area contributed by atoms with E-state index in [0.29, 0.717) is 5.56 Å². The number of rotatable bonds is 8. The van der Waals surface area contributed by atoms with E-state index in [-0.39, 0.29) is 31.5 Å². The van der Waals surface area contributed by atoms with Crippen LogP contribution in [0.5, 0.6) is 0 Å². The van der Waals surface area contributed by atoms with E-state index in [9.17, 15) is 14.4 Å². The quantitative estimate of drug-likeness (QED) is 0.583. The third kappa shape index (κ3) is 7.07. The van der Waals surface area contributed by atoms with Crippen LogP contribution in [-0.4, -0.2) is 49.2 Å². The van der Waals surface area contributed by atoms with E-state index < -0.39 is 12.6 Å². The Morgan fingerprint density at radius 1 is 1.24 bits per heavy atom. The molecule has 21 heavy (non-hydrogen) atoms. The van der Waals surface area contributed by atoms with Crippen LogP contribution in [0.2, 0.25) is 0 Å². The van der Waals surface area contributed by atoms with Gasteiger partial charge in [-0.1, -0.05) is 17.7 Å². The Balaban J connectivity index is 2.21. The lowest BCUT2D eigenvalue weighted by Gasteiger charge is -2.07. The smallest absolute Gasteiger partial charge is 0.329 e. The van der Waals surface area contributed by atoms with E-state index in [2.05, 4.69) is 10.6 Å². The highest BCUT2D eigenvalue weighted by molar-refractivity contribution is 5.96. The third-order valence-electron chi connectivity index (χ3n) is 2.48. The molecule has 7 nitrogen and oxygen atoms in total. The zero-order valence-corrected chi connectivity index (χ0v) is 11.7. The average molecular weight is 294 g/mol. The Kier molecular flexibility index (Phi) is 6.90. The van der Waals surface area contributed by atoms with Crippen molar-refractivity contribution in [3.63, 3.8) is 0 Å². The van der Waals surface area contributed by atoms with Gasteiger partial charge in [0, 0.05) is 12.1 Å². The number of carbonyl (C=O) groups excluding carboxylic acids is 2. The average Bonchev–Trinajstić information content (AvgIpc) is 2.44. The standard InChI is InChI=1S/C14H18N2O5/c1-10-3-2-4-11(7-10)14(20)16-8-12(17)15-5-6-21-9-13(18)19/h2-4,7H,5-6,8-9H2,1H3,(H,15,17)(H,16,20)(H,18,19). The molecule has 0 aliphatic rings. The van der Waals surface area contributed by atoms with Crippen LogP contribution in [0.4, 0.5) is 0 Å². The number of carboxylic acid groups (broad SMARTS) is 1. The van der Waals surface area contributed by atoms with Crippen LogP contribution in [0, 0.1) is 6.92 Å². The van der Waals surface area contributed by atoms with Gasteiger partial charge in [-0.15, -0.1) is 0 Å². The summed E-state index contributed by atoms with van der Waals surface area (Å²) in [5.74, 6) is -1.75. The fourth-order valence-corrected chi connectivity index (χ4v) is 1.53. The number of amides is 2. The second-order valence-electron chi connectivity index (χ2n) is 4.35. The van der Waals surface area contributed by atoms with Gasteiger partial charge in [-0.25, -0.2) is 4.79 Å². The van der Waals surface area contributed by atoms with Crippen molar-refractivity contribution in [1.82, 2.24) is 10.6 Å². The van der Waals surface area contributed by atoms with E-state index >= 15 is 0 Å². The minimum atomic E-state index is -1.06. The van der Waals surface area contributed by atoms with Crippen LogP contribution >= 0.6 is 0 Å². The predicted molar refractivity (Wildman–Crippen MR) is 75.0 cm³/mol. The van der Waals surface area contributed by atoms with E-state index in [4.69, 9.17) is 9.84 Å². The summed E-state index contributed by atoms with van der Waals surface area (Å²) in [4.78, 5) is 33.4. The Hall–Kier alpha value is -2.41. The highest BCUT2D eigenvalue weighted by atomic mass is 16.5. The van der Waals surface area contributed by atoms with Crippen molar-refractivity contribution in [2.45, 2.75) is 6.92 Å². The van der Waals surface area contributed by atoms with E-state index in [0.717, 1.165) is 5.56 Å². The van der Waals surface area contributed by atoms with Crippen molar-refractivity contribution >= 4 is 17.8 Å². The molecule has 0 fully saturated rings. The van der Waals surface area contributed by atoms with E-state index in [1.165, 1.54) is 0 Å². The zero-order valence-electron chi connectivity index (χ0n) is 11.7. The summed E-state index contributed by atoms with van der Waals surface area (Å²) in [6, 6.07) is 7.04. The number of ether oxygens (including phenoxy) is 1. The fourth-order valence-electron chi connectivity index (χ4n) is 1.53. The monoisotopic (exact) mass is 294 g/mol. The molecule has 7 heteroatoms. The minimum Gasteiger partial charge on any atom is -0.480 e. The number of hydrogen-bond donors (Lipinski definition) is 3. The van der Waals surface area contributed by atoms with Gasteiger partial charge in [0.1, 0.15) is 6.61 Å². The molecule has 0 aromatic heterocycles. The van der Waals surface area contributed by atoms with Crippen molar-refractivity contribution in [2.75, 3.05) is 26.3 Å². The second kappa shape index (κ2) is 8.70. The minimum absolute atomic E-state index is 0.101. The van der Waals surface area contributed by atoms with Crippen LogP contribution in [0.15, 0.2) is 24.3 Å². The number of aryl methyl sites for hydroxylation is 1. The number of aliphatic carboxylic acids is 1. The summed E-state index contributed by atoms with van der Waals surface area (Å²) < 4.78 is 4.75. The zero-order chi connectivity index (χ0) is 15.7. The molecule has 0 unspecified atom stereocenters. The van der Waals surface area contributed by atoms with Crippen molar-refractivity contribution in [3.05, 3.63) is 35.4 Å². The SMILES string of the molecule is Cc1cccc(C(=O)NCC(=O)NCCOCC(=O)O)c1. The third-order valence-corrected chi connectivity index (χ3v) is 2.48. The molecule has 0 saturated carbocycles. The first kappa shape index (κ1) is 16.6. The highest BCUT2D eigenvalue weighted by Gasteiger charge is 2.07. The Labute approximate surface area is 122 Å². The van der Waals surface area contributed by atoms with Gasteiger partial charge in [0.05, 0.1) is 13.2 Å². The van der Waals surface area contributed by atoms with Gasteiger partial charge < -0.3 is 20.5 Å². The summed E-state index contributed by atoms with van der Waals surface area (Å²) in [6.45, 7) is 1.61. The molecule has 1 aromatic rings. The molecule has 3 N–H and O–H groups in total. The number of carbonyl (C=O) groups is 3. The van der Waals surface area contributed by atoms with Crippen LogP contribution < -0.4 is 10.6 Å². The number of hydrogen-bond acceptors (Lipinski definition) is 4. The van der Waals surface area contributed by atoms with Gasteiger partial charge in [-0.05, 0) is 19.1 Å². The van der Waals surface area contributed by atoms with Crippen molar-refractivity contribution in [2.24, 2.45) is 0 Å². The molecule has 0 bridgehead atoms. The first-order valence-corrected chi connectivity index (χ1v) is 6.40. The molecular weight excluding hydrogens is 276 g/mol. The molecule has 2 amide bonds. The molecule has 1 aromatic carbocycles. The molecule has 0 heterocycles. The molecule has 0 spiro atoms. The highest BCUT2D eigenvalue weighted by Crippen LogP contribution is 2.03. The number of nitrogens with one attached hydrogen (secondary N) is 2. The lowest BCUT2D eigenvalue weighted by Crippen LogP contribution is -2.38. The van der Waals surface area contributed by atoms with Crippen molar-refractivity contribution < 1.29 is 24.2 Å². The molecule has 0 aliphatic heterocycles. The van der Waals surface area contributed by atoms with Crippen molar-refractivity contribution in [3.8, 4) is 0 Å². The summed E-state index contributed by atoms with van der Waals surface area (Å²) in [7, 11) is 0. The molecule has 0 atom stereocenters. The van der Waals surface area contributed by atoms with Crippen LogP contribution in [-0.2, 0) is 14.3 Å². The van der Waals surface area contributed by atoms with Crippen LogP contribution in [0.25, 0.3) is 0 Å². The Bertz CT molecular complexity index is 516. The van der Waals surface area contributed by atoms with Gasteiger partial charge >= 0.3 is 5.97 Å². The normalized spacial score (nSPS) is 9.95. The summed E-state index contributed by atoms with van der Waals surface area (Å²) in [5, 5.41) is 13.3. The maximum Gasteiger partial charge on any atom is 0.329 e. The first-order valence-electron chi connectivity index (χ1n) is 6.40. The lowest BCUT2D eigenvalue weighted by atomic mass is 10.1. The number of carboxylic acids is 1. The maximum absolute atomic E-state index is 11.8. The van der Waals surface area contributed by atoms with E-state index in [1.807, 2.05) is 13.0 Å². The van der Waals surface area contributed by atoms with Gasteiger partial charge in [-0.3, -0.25) is 9.59 Å². The van der Waals surface area contributed by atoms with Crippen LogP contribution in [0.1, 0.15) is 15.9 Å². The first-order chi connectivity index (χ1) is 9.99. The molecule has 0 radical (unpaired) electrons. The maximum atomic E-state index is 11.8. The van der Waals surface area contributed by atoms with Gasteiger partial charge in [-0.2, -0.15) is 0 Å². The summed E-state index contributed by atoms with van der Waals surface area (Å²) in [6.07, 6.45) is 0. The second-order valence-corrected chi connectivity index (χ2v) is 4.35. The Morgan fingerprint density at radius 3 is 2.67 bits per heavy atom. The van der Waals surface area contributed by atoms with Gasteiger partial charge in [0.25, 0.3) is 5.91 Å².